The molecule has 110 valence electrons. The zero-order valence-electron chi connectivity index (χ0n) is 13.7. The van der Waals surface area contributed by atoms with Gasteiger partial charge in [0.05, 0.1) is 6.54 Å². The van der Waals surface area contributed by atoms with E-state index in [1.54, 1.807) is 0 Å². The standard InChI is InChI=1S/C12H13N3.C3H8.C2H6/c1-8-3-4-10-7-15-12(6-11(10)5-8)13-9(2)14-15;1-3-2;1-2/h3-5H,6-7H2,1-2H3;3H2,1-2H3;1-2H3. The largest absolute Gasteiger partial charge is 0.245 e. The molecule has 3 rings (SSSR count). The molecule has 1 aliphatic rings. The van der Waals surface area contributed by atoms with Crippen LogP contribution in [0.15, 0.2) is 18.2 Å². The van der Waals surface area contributed by atoms with Gasteiger partial charge in [-0.2, -0.15) is 5.10 Å². The van der Waals surface area contributed by atoms with Gasteiger partial charge in [-0.25, -0.2) is 9.67 Å². The molecule has 0 spiro atoms. The van der Waals surface area contributed by atoms with Crippen molar-refractivity contribution in [3.8, 4) is 0 Å². The number of aromatic nitrogens is 3. The third-order valence-corrected chi connectivity index (χ3v) is 2.88. The molecule has 0 saturated heterocycles. The van der Waals surface area contributed by atoms with Gasteiger partial charge in [-0.15, -0.1) is 0 Å². The molecule has 0 atom stereocenters. The lowest BCUT2D eigenvalue weighted by molar-refractivity contribution is 0.617. The van der Waals surface area contributed by atoms with Gasteiger partial charge in [0.1, 0.15) is 11.6 Å². The average Bonchev–Trinajstić information content (AvgIpc) is 2.78. The molecular weight excluding hydrogens is 246 g/mol. The number of nitrogens with zero attached hydrogens (tertiary/aromatic N) is 3. The molecule has 0 radical (unpaired) electrons. The Labute approximate surface area is 123 Å². The number of aryl methyl sites for hydroxylation is 2. The number of rotatable bonds is 0. The summed E-state index contributed by atoms with van der Waals surface area (Å²) >= 11 is 0. The van der Waals surface area contributed by atoms with E-state index in [0.717, 1.165) is 24.6 Å². The molecule has 1 aliphatic heterocycles. The van der Waals surface area contributed by atoms with E-state index in [9.17, 15) is 0 Å². The molecule has 0 saturated carbocycles. The Morgan fingerprint density at radius 2 is 1.75 bits per heavy atom. The Hall–Kier alpha value is -1.64. The molecule has 0 fully saturated rings. The topological polar surface area (TPSA) is 30.7 Å². The van der Waals surface area contributed by atoms with Crippen LogP contribution in [-0.4, -0.2) is 14.8 Å². The highest BCUT2D eigenvalue weighted by atomic mass is 15.3. The summed E-state index contributed by atoms with van der Waals surface area (Å²) in [5.74, 6) is 1.96. The molecule has 2 aromatic rings. The van der Waals surface area contributed by atoms with Crippen molar-refractivity contribution in [3.63, 3.8) is 0 Å². The van der Waals surface area contributed by atoms with E-state index in [2.05, 4.69) is 49.1 Å². The molecule has 0 aliphatic carbocycles. The summed E-state index contributed by atoms with van der Waals surface area (Å²) in [5, 5.41) is 4.38. The Morgan fingerprint density at radius 1 is 1.10 bits per heavy atom. The van der Waals surface area contributed by atoms with Crippen molar-refractivity contribution in [3.05, 3.63) is 46.5 Å². The molecule has 1 aromatic heterocycles. The fraction of sp³-hybridized carbons (Fsp3) is 0.529. The number of fused-ring (bicyclic) bond motifs is 2. The van der Waals surface area contributed by atoms with Crippen LogP contribution in [-0.2, 0) is 13.0 Å². The molecule has 1 aromatic carbocycles. The first-order valence-electron chi connectivity index (χ1n) is 7.62. The molecule has 0 unspecified atom stereocenters. The van der Waals surface area contributed by atoms with E-state index >= 15 is 0 Å². The van der Waals surface area contributed by atoms with E-state index in [0.29, 0.717) is 0 Å². The zero-order valence-corrected chi connectivity index (χ0v) is 13.7. The van der Waals surface area contributed by atoms with Gasteiger partial charge in [0.25, 0.3) is 0 Å². The Kier molecular flexibility index (Phi) is 6.43. The summed E-state index contributed by atoms with van der Waals surface area (Å²) in [7, 11) is 0. The zero-order chi connectivity index (χ0) is 15.1. The minimum absolute atomic E-state index is 0.867. The Bertz CT molecular complexity index is 541. The number of hydrogen-bond donors (Lipinski definition) is 0. The normalized spacial score (nSPS) is 11.3. The van der Waals surface area contributed by atoms with E-state index in [4.69, 9.17) is 0 Å². The van der Waals surface area contributed by atoms with Crippen LogP contribution in [0.4, 0.5) is 0 Å². The summed E-state index contributed by atoms with van der Waals surface area (Å²) in [5.41, 5.74) is 4.09. The predicted octanol–water partition coefficient (Wildman–Crippen LogP) is 4.29. The highest BCUT2D eigenvalue weighted by molar-refractivity contribution is 5.36. The average molecular weight is 273 g/mol. The number of hydrogen-bond acceptors (Lipinski definition) is 2. The molecule has 3 nitrogen and oxygen atoms in total. The maximum atomic E-state index is 4.43. The minimum Gasteiger partial charge on any atom is -0.245 e. The highest BCUT2D eigenvalue weighted by Gasteiger charge is 2.17. The monoisotopic (exact) mass is 273 g/mol. The fourth-order valence-electron chi connectivity index (χ4n) is 2.16. The maximum absolute atomic E-state index is 4.43. The van der Waals surface area contributed by atoms with Crippen LogP contribution in [0.2, 0.25) is 0 Å². The second-order valence-corrected chi connectivity index (χ2v) is 4.89. The van der Waals surface area contributed by atoms with Crippen LogP contribution in [0.3, 0.4) is 0 Å². The third kappa shape index (κ3) is 3.92. The molecule has 0 amide bonds. The van der Waals surface area contributed by atoms with Crippen molar-refractivity contribution >= 4 is 0 Å². The summed E-state index contributed by atoms with van der Waals surface area (Å²) < 4.78 is 2.01. The fourth-order valence-corrected chi connectivity index (χ4v) is 2.16. The predicted molar refractivity (Wildman–Crippen MR) is 85.2 cm³/mol. The van der Waals surface area contributed by atoms with Gasteiger partial charge < -0.3 is 0 Å². The quantitative estimate of drug-likeness (QED) is 0.611. The van der Waals surface area contributed by atoms with Gasteiger partial charge in [0.15, 0.2) is 0 Å². The smallest absolute Gasteiger partial charge is 0.147 e. The van der Waals surface area contributed by atoms with Gasteiger partial charge in [-0.1, -0.05) is 57.9 Å². The second kappa shape index (κ2) is 7.83. The van der Waals surface area contributed by atoms with E-state index in [1.165, 1.54) is 23.1 Å². The van der Waals surface area contributed by atoms with Gasteiger partial charge in [0.2, 0.25) is 0 Å². The highest BCUT2D eigenvalue weighted by Crippen LogP contribution is 2.21. The first kappa shape index (κ1) is 16.4. The molecule has 0 N–H and O–H groups in total. The van der Waals surface area contributed by atoms with Gasteiger partial charge >= 0.3 is 0 Å². The van der Waals surface area contributed by atoms with Crippen LogP contribution in [0.1, 0.15) is 62.5 Å². The van der Waals surface area contributed by atoms with Crippen molar-refractivity contribution < 1.29 is 0 Å². The van der Waals surface area contributed by atoms with Gasteiger partial charge in [0, 0.05) is 6.42 Å². The summed E-state index contributed by atoms with van der Waals surface area (Å²) in [4.78, 5) is 4.43. The van der Waals surface area contributed by atoms with Crippen molar-refractivity contribution in [1.29, 1.82) is 0 Å². The van der Waals surface area contributed by atoms with Crippen molar-refractivity contribution in [2.45, 2.75) is 60.9 Å². The summed E-state index contributed by atoms with van der Waals surface area (Å²) in [6.07, 6.45) is 2.16. The first-order chi connectivity index (χ1) is 9.63. The van der Waals surface area contributed by atoms with E-state index < -0.39 is 0 Å². The van der Waals surface area contributed by atoms with E-state index in [1.807, 2.05) is 25.5 Å². The minimum atomic E-state index is 0.867. The van der Waals surface area contributed by atoms with Crippen LogP contribution >= 0.6 is 0 Å². The van der Waals surface area contributed by atoms with Crippen LogP contribution in [0.5, 0.6) is 0 Å². The Balaban J connectivity index is 0.000000357. The lowest BCUT2D eigenvalue weighted by Crippen LogP contribution is -2.15. The SMILES string of the molecule is CC.CCC.Cc1ccc2c(c1)Cc1nc(C)nn1C2. The molecule has 3 heteroatoms. The van der Waals surface area contributed by atoms with Crippen LogP contribution < -0.4 is 0 Å². The van der Waals surface area contributed by atoms with Crippen molar-refractivity contribution in [1.82, 2.24) is 14.8 Å². The summed E-state index contributed by atoms with van der Waals surface area (Å²) in [6.45, 7) is 13.2. The molecule has 20 heavy (non-hydrogen) atoms. The summed E-state index contributed by atoms with van der Waals surface area (Å²) in [6, 6.07) is 6.61. The molecule has 2 heterocycles. The lowest BCUT2D eigenvalue weighted by atomic mass is 9.99. The van der Waals surface area contributed by atoms with E-state index in [-0.39, 0.29) is 0 Å². The van der Waals surface area contributed by atoms with Crippen molar-refractivity contribution in [2.75, 3.05) is 0 Å². The van der Waals surface area contributed by atoms with Crippen LogP contribution in [0, 0.1) is 13.8 Å². The second-order valence-electron chi connectivity index (χ2n) is 4.89. The maximum Gasteiger partial charge on any atom is 0.147 e. The molecule has 0 bridgehead atoms. The van der Waals surface area contributed by atoms with Crippen molar-refractivity contribution in [2.24, 2.45) is 0 Å². The number of benzene rings is 1. The molecular formula is C17H27N3. The lowest BCUT2D eigenvalue weighted by Gasteiger charge is -2.16. The van der Waals surface area contributed by atoms with Gasteiger partial charge in [-0.05, 0) is 25.0 Å². The third-order valence-electron chi connectivity index (χ3n) is 2.88. The Morgan fingerprint density at radius 3 is 2.40 bits per heavy atom. The first-order valence-corrected chi connectivity index (χ1v) is 7.62. The van der Waals surface area contributed by atoms with Crippen LogP contribution in [0.25, 0.3) is 0 Å². The van der Waals surface area contributed by atoms with Gasteiger partial charge in [-0.3, -0.25) is 0 Å².